The quantitative estimate of drug-likeness (QED) is 0.416. The lowest BCUT2D eigenvalue weighted by atomic mass is 10.1. The third kappa shape index (κ3) is 4.73. The van der Waals surface area contributed by atoms with Gasteiger partial charge in [0.25, 0.3) is 5.91 Å². The monoisotopic (exact) mass is 437 g/mol. The second-order valence-corrected chi connectivity index (χ2v) is 7.20. The fraction of sp³-hybridized carbons (Fsp3) is 0.143. The van der Waals surface area contributed by atoms with E-state index in [4.69, 9.17) is 11.6 Å². The Morgan fingerprint density at radius 1 is 1.13 bits per heavy atom. The molecule has 0 spiro atoms. The number of halogens is 1. The van der Waals surface area contributed by atoms with Crippen LogP contribution in [0.15, 0.2) is 48.7 Å². The number of carbonyl (C=O) groups is 2. The SMILES string of the molecule is CNC(=O)c1ccccc1Nc1nc(Nc2ccc3c(c2)NC(=O)CNC3)ncc1Cl. The second-order valence-electron chi connectivity index (χ2n) is 6.79. The van der Waals surface area contributed by atoms with E-state index in [0.717, 1.165) is 11.3 Å². The van der Waals surface area contributed by atoms with Gasteiger partial charge in [-0.2, -0.15) is 4.98 Å². The number of para-hydroxylation sites is 1. The van der Waals surface area contributed by atoms with E-state index < -0.39 is 0 Å². The fourth-order valence-electron chi connectivity index (χ4n) is 3.13. The highest BCUT2D eigenvalue weighted by Crippen LogP contribution is 2.28. The first-order valence-corrected chi connectivity index (χ1v) is 9.92. The van der Waals surface area contributed by atoms with Crippen molar-refractivity contribution in [3.8, 4) is 0 Å². The number of aromatic nitrogens is 2. The summed E-state index contributed by atoms with van der Waals surface area (Å²) >= 11 is 6.27. The number of nitrogens with zero attached hydrogens (tertiary/aromatic N) is 2. The van der Waals surface area contributed by atoms with Crippen LogP contribution >= 0.6 is 11.6 Å². The Hall–Kier alpha value is -3.69. The molecule has 0 bridgehead atoms. The number of rotatable bonds is 5. The van der Waals surface area contributed by atoms with Crippen LogP contribution in [0.1, 0.15) is 15.9 Å². The summed E-state index contributed by atoms with van der Waals surface area (Å²) in [4.78, 5) is 32.6. The number of anilines is 5. The molecule has 0 unspecified atom stereocenters. The molecule has 0 aliphatic carbocycles. The van der Waals surface area contributed by atoms with Crippen molar-refractivity contribution >= 4 is 52.2 Å². The number of fused-ring (bicyclic) bond motifs is 1. The normalized spacial score (nSPS) is 12.9. The summed E-state index contributed by atoms with van der Waals surface area (Å²) in [7, 11) is 1.57. The van der Waals surface area contributed by atoms with Crippen LogP contribution < -0.4 is 26.6 Å². The summed E-state index contributed by atoms with van der Waals surface area (Å²) in [6.07, 6.45) is 1.47. The minimum Gasteiger partial charge on any atom is -0.355 e. The third-order valence-corrected chi connectivity index (χ3v) is 4.91. The second kappa shape index (κ2) is 8.99. The van der Waals surface area contributed by atoms with Gasteiger partial charge in [0.15, 0.2) is 5.82 Å². The molecule has 31 heavy (non-hydrogen) atoms. The van der Waals surface area contributed by atoms with Crippen LogP contribution in [0.3, 0.4) is 0 Å². The highest BCUT2D eigenvalue weighted by molar-refractivity contribution is 6.33. The van der Waals surface area contributed by atoms with Crippen LogP contribution in [0.4, 0.5) is 28.8 Å². The smallest absolute Gasteiger partial charge is 0.253 e. The van der Waals surface area contributed by atoms with Crippen LogP contribution in [0.5, 0.6) is 0 Å². The van der Waals surface area contributed by atoms with E-state index in [-0.39, 0.29) is 18.4 Å². The van der Waals surface area contributed by atoms with Gasteiger partial charge in [-0.3, -0.25) is 9.59 Å². The predicted octanol–water partition coefficient (Wildman–Crippen LogP) is 3.02. The van der Waals surface area contributed by atoms with Gasteiger partial charge in [-0.15, -0.1) is 0 Å². The van der Waals surface area contributed by atoms with Crippen LogP contribution in [0.2, 0.25) is 5.02 Å². The molecule has 2 aromatic carbocycles. The van der Waals surface area contributed by atoms with Crippen LogP contribution in [0, 0.1) is 0 Å². The Morgan fingerprint density at radius 3 is 2.81 bits per heavy atom. The van der Waals surface area contributed by atoms with E-state index in [9.17, 15) is 9.59 Å². The summed E-state index contributed by atoms with van der Waals surface area (Å²) in [6, 6.07) is 12.7. The molecule has 0 radical (unpaired) electrons. The molecule has 10 heteroatoms. The summed E-state index contributed by atoms with van der Waals surface area (Å²) in [5, 5.41) is 15.1. The van der Waals surface area contributed by atoms with E-state index in [1.165, 1.54) is 6.20 Å². The van der Waals surface area contributed by atoms with Crippen molar-refractivity contribution in [2.45, 2.75) is 6.54 Å². The molecule has 5 N–H and O–H groups in total. The first-order valence-electron chi connectivity index (χ1n) is 9.54. The van der Waals surface area contributed by atoms with Gasteiger partial charge in [0.05, 0.1) is 24.0 Å². The molecule has 0 atom stereocenters. The Labute approximate surface area is 183 Å². The van der Waals surface area contributed by atoms with Gasteiger partial charge in [-0.1, -0.05) is 29.8 Å². The molecule has 9 nitrogen and oxygen atoms in total. The summed E-state index contributed by atoms with van der Waals surface area (Å²) in [5.74, 6) is 0.332. The van der Waals surface area contributed by atoms with Gasteiger partial charge < -0.3 is 26.6 Å². The molecule has 1 aliphatic heterocycles. The van der Waals surface area contributed by atoms with E-state index in [0.29, 0.717) is 40.3 Å². The zero-order chi connectivity index (χ0) is 21.8. The lowest BCUT2D eigenvalue weighted by Crippen LogP contribution is -2.23. The zero-order valence-electron chi connectivity index (χ0n) is 16.6. The Bertz CT molecular complexity index is 1150. The van der Waals surface area contributed by atoms with Crippen molar-refractivity contribution in [2.75, 3.05) is 29.5 Å². The molecule has 0 saturated carbocycles. The standard InChI is InChI=1S/C21H20ClN7O2/c1-23-20(31)14-4-2-3-5-16(14)28-19-15(22)10-25-21(29-19)26-13-7-6-12-9-24-11-18(30)27-17(12)8-13/h2-8,10,24H,9,11H2,1H3,(H,23,31)(H,27,30)(H2,25,26,28,29). The van der Waals surface area contributed by atoms with E-state index in [1.54, 1.807) is 25.2 Å². The first kappa shape index (κ1) is 20.6. The van der Waals surface area contributed by atoms with Crippen molar-refractivity contribution < 1.29 is 9.59 Å². The maximum Gasteiger partial charge on any atom is 0.253 e. The number of hydrogen-bond donors (Lipinski definition) is 5. The molecule has 2 amide bonds. The van der Waals surface area contributed by atoms with Gasteiger partial charge >= 0.3 is 0 Å². The summed E-state index contributed by atoms with van der Waals surface area (Å²) in [6.45, 7) is 0.870. The molecule has 0 fully saturated rings. The summed E-state index contributed by atoms with van der Waals surface area (Å²) in [5.41, 5.74) is 3.45. The molecule has 2 heterocycles. The number of carbonyl (C=O) groups excluding carboxylic acids is 2. The average Bonchev–Trinajstić information content (AvgIpc) is 2.96. The minimum absolute atomic E-state index is 0.0973. The lowest BCUT2D eigenvalue weighted by molar-refractivity contribution is -0.115. The van der Waals surface area contributed by atoms with Crippen molar-refractivity contribution in [1.29, 1.82) is 0 Å². The molecule has 0 saturated heterocycles. The van der Waals surface area contributed by atoms with Gasteiger partial charge in [0, 0.05) is 25.0 Å². The van der Waals surface area contributed by atoms with Crippen LogP contribution in [0.25, 0.3) is 0 Å². The minimum atomic E-state index is -0.229. The summed E-state index contributed by atoms with van der Waals surface area (Å²) < 4.78 is 0. The van der Waals surface area contributed by atoms with Gasteiger partial charge in [-0.05, 0) is 29.8 Å². The molecule has 1 aliphatic rings. The van der Waals surface area contributed by atoms with Gasteiger partial charge in [-0.25, -0.2) is 4.98 Å². The van der Waals surface area contributed by atoms with E-state index in [1.807, 2.05) is 24.3 Å². The van der Waals surface area contributed by atoms with Gasteiger partial charge in [0.2, 0.25) is 11.9 Å². The maximum atomic E-state index is 12.1. The number of benzene rings is 2. The topological polar surface area (TPSA) is 120 Å². The van der Waals surface area contributed by atoms with E-state index >= 15 is 0 Å². The van der Waals surface area contributed by atoms with E-state index in [2.05, 4.69) is 36.6 Å². The molecule has 3 aromatic rings. The third-order valence-electron chi connectivity index (χ3n) is 4.64. The highest BCUT2D eigenvalue weighted by Gasteiger charge is 2.15. The molecule has 158 valence electrons. The average molecular weight is 438 g/mol. The van der Waals surface area contributed by atoms with Gasteiger partial charge in [0.1, 0.15) is 5.02 Å². The molecular weight excluding hydrogens is 418 g/mol. The first-order chi connectivity index (χ1) is 15.0. The number of nitrogens with one attached hydrogen (secondary N) is 5. The Morgan fingerprint density at radius 2 is 1.97 bits per heavy atom. The van der Waals surface area contributed by atoms with Crippen LogP contribution in [-0.4, -0.2) is 35.4 Å². The molecule has 4 rings (SSSR count). The van der Waals surface area contributed by atoms with Crippen molar-refractivity contribution in [3.05, 3.63) is 64.8 Å². The largest absolute Gasteiger partial charge is 0.355 e. The zero-order valence-corrected chi connectivity index (χ0v) is 17.4. The fourth-order valence-corrected chi connectivity index (χ4v) is 3.26. The Balaban J connectivity index is 1.58. The number of amides is 2. The number of hydrogen-bond acceptors (Lipinski definition) is 7. The maximum absolute atomic E-state index is 12.1. The highest BCUT2D eigenvalue weighted by atomic mass is 35.5. The lowest BCUT2D eigenvalue weighted by Gasteiger charge is -2.13. The van der Waals surface area contributed by atoms with Crippen molar-refractivity contribution in [1.82, 2.24) is 20.6 Å². The molecule has 1 aromatic heterocycles. The molecular formula is C21H20ClN7O2. The Kier molecular flexibility index (Phi) is 5.96. The van der Waals surface area contributed by atoms with Crippen molar-refractivity contribution in [3.63, 3.8) is 0 Å². The van der Waals surface area contributed by atoms with Crippen molar-refractivity contribution in [2.24, 2.45) is 0 Å². The van der Waals surface area contributed by atoms with Crippen LogP contribution in [-0.2, 0) is 11.3 Å². The predicted molar refractivity (Wildman–Crippen MR) is 120 cm³/mol.